The predicted octanol–water partition coefficient (Wildman–Crippen LogP) is 2.71. The summed E-state index contributed by atoms with van der Waals surface area (Å²) in [6.07, 6.45) is 2.61. The molecule has 6 heteroatoms. The van der Waals surface area contributed by atoms with Crippen molar-refractivity contribution in [3.63, 3.8) is 0 Å². The maximum atomic E-state index is 12.7. The van der Waals surface area contributed by atoms with E-state index in [0.29, 0.717) is 18.8 Å². The van der Waals surface area contributed by atoms with E-state index in [1.807, 2.05) is 29.2 Å². The summed E-state index contributed by atoms with van der Waals surface area (Å²) in [5.41, 5.74) is 2.08. The summed E-state index contributed by atoms with van der Waals surface area (Å²) in [4.78, 5) is 14.6. The minimum absolute atomic E-state index is 0.0312. The van der Waals surface area contributed by atoms with Crippen LogP contribution < -0.4 is 4.74 Å². The second kappa shape index (κ2) is 7.27. The molecule has 0 radical (unpaired) electrons. The van der Waals surface area contributed by atoms with Crippen molar-refractivity contribution in [2.45, 2.75) is 26.2 Å². The van der Waals surface area contributed by atoms with Crippen LogP contribution in [0, 0.1) is 5.41 Å². The van der Waals surface area contributed by atoms with Crippen LogP contribution in [-0.4, -0.2) is 52.9 Å². The molecule has 2 heterocycles. The first-order chi connectivity index (χ1) is 12.1. The third kappa shape index (κ3) is 3.54. The molecule has 1 aromatic heterocycles. The molecule has 1 amide bonds. The van der Waals surface area contributed by atoms with Gasteiger partial charge in [0.15, 0.2) is 0 Å². The van der Waals surface area contributed by atoms with Crippen LogP contribution in [-0.2, 0) is 0 Å². The fraction of sp³-hybridized carbons (Fsp3) is 0.474. The number of benzene rings is 1. The van der Waals surface area contributed by atoms with Crippen LogP contribution in [0.15, 0.2) is 30.3 Å². The van der Waals surface area contributed by atoms with Gasteiger partial charge >= 0.3 is 0 Å². The fourth-order valence-electron chi connectivity index (χ4n) is 3.34. The molecule has 0 unspecified atom stereocenters. The minimum atomic E-state index is -0.0377. The third-order valence-corrected chi connectivity index (χ3v) is 5.37. The number of aliphatic hydroxyl groups is 1. The maximum absolute atomic E-state index is 12.7. The minimum Gasteiger partial charge on any atom is -0.497 e. The Balaban J connectivity index is 1.71. The maximum Gasteiger partial charge on any atom is 0.271 e. The number of amides is 1. The van der Waals surface area contributed by atoms with E-state index >= 15 is 0 Å². The summed E-state index contributed by atoms with van der Waals surface area (Å²) in [5.74, 6) is 0.716. The first-order valence-corrected chi connectivity index (χ1v) is 8.71. The smallest absolute Gasteiger partial charge is 0.271 e. The van der Waals surface area contributed by atoms with Gasteiger partial charge in [0.1, 0.15) is 11.4 Å². The van der Waals surface area contributed by atoms with Gasteiger partial charge in [0.2, 0.25) is 0 Å². The molecule has 0 saturated carbocycles. The SMILES string of the molecule is CCC1(CO)CCN(C(=O)c2cc(-c3cccc(OC)c3)n[nH]2)CC1. The third-order valence-electron chi connectivity index (χ3n) is 5.37. The van der Waals surface area contributed by atoms with Crippen LogP contribution in [0.5, 0.6) is 5.75 Å². The Labute approximate surface area is 147 Å². The second-order valence-corrected chi connectivity index (χ2v) is 6.70. The molecule has 0 aliphatic carbocycles. The molecular formula is C19H25N3O3. The van der Waals surface area contributed by atoms with Gasteiger partial charge in [0, 0.05) is 25.3 Å². The molecule has 134 valence electrons. The lowest BCUT2D eigenvalue weighted by atomic mass is 9.77. The number of nitrogens with one attached hydrogen (secondary N) is 1. The van der Waals surface area contributed by atoms with Gasteiger partial charge in [-0.3, -0.25) is 9.89 Å². The number of methoxy groups -OCH3 is 1. The number of hydrogen-bond acceptors (Lipinski definition) is 4. The summed E-state index contributed by atoms with van der Waals surface area (Å²) < 4.78 is 5.23. The van der Waals surface area contributed by atoms with E-state index in [-0.39, 0.29) is 17.9 Å². The zero-order valence-electron chi connectivity index (χ0n) is 14.8. The predicted molar refractivity (Wildman–Crippen MR) is 95.5 cm³/mol. The Morgan fingerprint density at radius 2 is 2.12 bits per heavy atom. The van der Waals surface area contributed by atoms with E-state index in [9.17, 15) is 9.90 Å². The number of hydrogen-bond donors (Lipinski definition) is 2. The Bertz CT molecular complexity index is 727. The number of aromatic amines is 1. The van der Waals surface area contributed by atoms with Crippen molar-refractivity contribution in [3.8, 4) is 17.0 Å². The summed E-state index contributed by atoms with van der Waals surface area (Å²) in [6, 6.07) is 9.38. The average molecular weight is 343 g/mol. The van der Waals surface area contributed by atoms with E-state index < -0.39 is 0 Å². The highest BCUT2D eigenvalue weighted by Gasteiger charge is 2.34. The number of ether oxygens (including phenoxy) is 1. The molecular weight excluding hydrogens is 318 g/mol. The lowest BCUT2D eigenvalue weighted by Gasteiger charge is -2.40. The van der Waals surface area contributed by atoms with Gasteiger partial charge in [-0.15, -0.1) is 0 Å². The van der Waals surface area contributed by atoms with Crippen molar-refractivity contribution in [2.24, 2.45) is 5.41 Å². The molecule has 1 fully saturated rings. The average Bonchev–Trinajstić information content (AvgIpc) is 3.18. The molecule has 1 aliphatic heterocycles. The summed E-state index contributed by atoms with van der Waals surface area (Å²) >= 11 is 0. The van der Waals surface area contributed by atoms with Gasteiger partial charge in [-0.25, -0.2) is 0 Å². The number of aliphatic hydroxyl groups excluding tert-OH is 1. The molecule has 1 aliphatic rings. The van der Waals surface area contributed by atoms with E-state index in [2.05, 4.69) is 17.1 Å². The zero-order valence-corrected chi connectivity index (χ0v) is 14.8. The molecule has 0 atom stereocenters. The van der Waals surface area contributed by atoms with E-state index in [0.717, 1.165) is 36.3 Å². The largest absolute Gasteiger partial charge is 0.497 e. The lowest BCUT2D eigenvalue weighted by molar-refractivity contribution is 0.0334. The molecule has 1 saturated heterocycles. The highest BCUT2D eigenvalue weighted by atomic mass is 16.5. The monoisotopic (exact) mass is 343 g/mol. The highest BCUT2D eigenvalue weighted by molar-refractivity contribution is 5.93. The normalized spacial score (nSPS) is 16.7. The zero-order chi connectivity index (χ0) is 17.9. The van der Waals surface area contributed by atoms with Crippen molar-refractivity contribution >= 4 is 5.91 Å². The van der Waals surface area contributed by atoms with Gasteiger partial charge in [-0.1, -0.05) is 19.1 Å². The van der Waals surface area contributed by atoms with Crippen LogP contribution in [0.25, 0.3) is 11.3 Å². The van der Waals surface area contributed by atoms with Crippen molar-refractivity contribution in [3.05, 3.63) is 36.0 Å². The molecule has 25 heavy (non-hydrogen) atoms. The highest BCUT2D eigenvalue weighted by Crippen LogP contribution is 2.34. The fourth-order valence-corrected chi connectivity index (χ4v) is 3.34. The first kappa shape index (κ1) is 17.5. The van der Waals surface area contributed by atoms with Crippen LogP contribution in [0.2, 0.25) is 0 Å². The molecule has 1 aromatic carbocycles. The van der Waals surface area contributed by atoms with Crippen LogP contribution in [0.1, 0.15) is 36.7 Å². The molecule has 6 nitrogen and oxygen atoms in total. The van der Waals surface area contributed by atoms with Crippen LogP contribution in [0.4, 0.5) is 0 Å². The molecule has 3 rings (SSSR count). The van der Waals surface area contributed by atoms with Crippen LogP contribution in [0.3, 0.4) is 0 Å². The Morgan fingerprint density at radius 1 is 1.36 bits per heavy atom. The lowest BCUT2D eigenvalue weighted by Crippen LogP contribution is -2.44. The van der Waals surface area contributed by atoms with Crippen molar-refractivity contribution in [1.29, 1.82) is 0 Å². The molecule has 2 N–H and O–H groups in total. The van der Waals surface area contributed by atoms with E-state index in [1.165, 1.54) is 0 Å². The molecule has 0 bridgehead atoms. The number of nitrogens with zero attached hydrogens (tertiary/aromatic N) is 2. The number of rotatable bonds is 5. The summed E-state index contributed by atoms with van der Waals surface area (Å²) in [6.45, 7) is 3.63. The topological polar surface area (TPSA) is 78.4 Å². The number of aromatic nitrogens is 2. The van der Waals surface area contributed by atoms with Crippen LogP contribution >= 0.6 is 0 Å². The van der Waals surface area contributed by atoms with Gasteiger partial charge in [-0.05, 0) is 42.9 Å². The standard InChI is InChI=1S/C19H25N3O3/c1-3-19(13-23)7-9-22(10-8-19)18(24)17-12-16(20-21-17)14-5-4-6-15(11-14)25-2/h4-6,11-12,23H,3,7-10,13H2,1-2H3,(H,20,21). The Hall–Kier alpha value is -2.34. The first-order valence-electron chi connectivity index (χ1n) is 8.71. The quantitative estimate of drug-likeness (QED) is 0.875. The Morgan fingerprint density at radius 3 is 2.76 bits per heavy atom. The van der Waals surface area contributed by atoms with Crippen molar-refractivity contribution in [1.82, 2.24) is 15.1 Å². The second-order valence-electron chi connectivity index (χ2n) is 6.70. The number of carbonyl (C=O) groups is 1. The van der Waals surface area contributed by atoms with Gasteiger partial charge in [0.25, 0.3) is 5.91 Å². The summed E-state index contributed by atoms with van der Waals surface area (Å²) in [5, 5.41) is 16.8. The van der Waals surface area contributed by atoms with Gasteiger partial charge in [0.05, 0.1) is 12.8 Å². The van der Waals surface area contributed by atoms with Crippen molar-refractivity contribution < 1.29 is 14.6 Å². The van der Waals surface area contributed by atoms with Gasteiger partial charge in [-0.2, -0.15) is 5.10 Å². The number of carbonyl (C=O) groups excluding carboxylic acids is 1. The number of likely N-dealkylation sites (tertiary alicyclic amines) is 1. The number of piperidine rings is 1. The molecule has 0 spiro atoms. The van der Waals surface area contributed by atoms with E-state index in [4.69, 9.17) is 4.74 Å². The molecule has 2 aromatic rings. The Kier molecular flexibility index (Phi) is 5.08. The number of H-pyrrole nitrogens is 1. The van der Waals surface area contributed by atoms with E-state index in [1.54, 1.807) is 13.2 Å². The summed E-state index contributed by atoms with van der Waals surface area (Å²) in [7, 11) is 1.62. The van der Waals surface area contributed by atoms with Gasteiger partial charge < -0.3 is 14.7 Å². The van der Waals surface area contributed by atoms with Crippen molar-refractivity contribution in [2.75, 3.05) is 26.8 Å².